The second kappa shape index (κ2) is 4.92. The van der Waals surface area contributed by atoms with Gasteiger partial charge in [0, 0.05) is 16.5 Å². The summed E-state index contributed by atoms with van der Waals surface area (Å²) >= 11 is 6.11. The lowest BCUT2D eigenvalue weighted by Crippen LogP contribution is -2.07. The van der Waals surface area contributed by atoms with E-state index in [1.165, 1.54) is 11.1 Å². The smallest absolute Gasteiger partial charge is 0.157 e. The molecule has 100 valence electrons. The summed E-state index contributed by atoms with van der Waals surface area (Å²) in [6.45, 7) is 3.67. The fourth-order valence-corrected chi connectivity index (χ4v) is 3.31. The Kier molecular flexibility index (Phi) is 3.23. The van der Waals surface area contributed by atoms with Gasteiger partial charge < -0.3 is 0 Å². The Hall–Kier alpha value is -1.86. The summed E-state index contributed by atoms with van der Waals surface area (Å²) in [4.78, 5) is 12.1. The van der Waals surface area contributed by atoms with Crippen LogP contribution in [0.25, 0.3) is 5.57 Å². The fraction of sp³-hybridized carbons (Fsp3) is 0.167. The Balaban J connectivity index is 2.25. The summed E-state index contributed by atoms with van der Waals surface area (Å²) < 4.78 is 0. The lowest BCUT2D eigenvalue weighted by Gasteiger charge is -2.16. The molecule has 1 aliphatic rings. The number of rotatable bonds is 2. The van der Waals surface area contributed by atoms with E-state index in [0.717, 1.165) is 16.7 Å². The molecule has 2 heteroatoms. The van der Waals surface area contributed by atoms with E-state index in [1.807, 2.05) is 43.3 Å². The first kappa shape index (κ1) is 13.1. The summed E-state index contributed by atoms with van der Waals surface area (Å²) in [5.41, 5.74) is 5.40. The highest BCUT2D eigenvalue weighted by molar-refractivity contribution is 6.30. The van der Waals surface area contributed by atoms with E-state index >= 15 is 0 Å². The van der Waals surface area contributed by atoms with E-state index in [-0.39, 0.29) is 11.7 Å². The Morgan fingerprint density at radius 2 is 1.85 bits per heavy atom. The van der Waals surface area contributed by atoms with Crippen molar-refractivity contribution in [1.82, 2.24) is 0 Å². The summed E-state index contributed by atoms with van der Waals surface area (Å²) in [6.07, 6.45) is 0. The largest absolute Gasteiger partial charge is 0.295 e. The number of ketones is 1. The molecule has 1 aliphatic carbocycles. The van der Waals surface area contributed by atoms with Crippen LogP contribution in [0.1, 0.15) is 36.5 Å². The van der Waals surface area contributed by atoms with Gasteiger partial charge in [0.2, 0.25) is 0 Å². The molecule has 1 atom stereocenters. The Labute approximate surface area is 123 Å². The van der Waals surface area contributed by atoms with Crippen molar-refractivity contribution in [3.05, 3.63) is 75.8 Å². The fourth-order valence-electron chi connectivity index (χ4n) is 3.11. The predicted molar refractivity (Wildman–Crippen MR) is 83.0 cm³/mol. The van der Waals surface area contributed by atoms with Gasteiger partial charge in [0.25, 0.3) is 0 Å². The number of hydrogen-bond acceptors (Lipinski definition) is 1. The van der Waals surface area contributed by atoms with Crippen molar-refractivity contribution in [1.29, 1.82) is 0 Å². The topological polar surface area (TPSA) is 17.1 Å². The molecule has 0 heterocycles. The number of fused-ring (bicyclic) bond motifs is 1. The second-order valence-corrected chi connectivity index (χ2v) is 5.61. The molecule has 2 aromatic carbocycles. The molecule has 0 saturated heterocycles. The zero-order valence-corrected chi connectivity index (χ0v) is 12.2. The van der Waals surface area contributed by atoms with Gasteiger partial charge in [-0.2, -0.15) is 0 Å². The lowest BCUT2D eigenvalue weighted by atomic mass is 9.87. The Bertz CT molecular complexity index is 728. The number of benzene rings is 2. The van der Waals surface area contributed by atoms with Crippen molar-refractivity contribution in [2.24, 2.45) is 0 Å². The third-order valence-electron chi connectivity index (χ3n) is 3.93. The molecule has 0 aliphatic heterocycles. The van der Waals surface area contributed by atoms with Gasteiger partial charge in [0.1, 0.15) is 0 Å². The van der Waals surface area contributed by atoms with Crippen molar-refractivity contribution in [3.8, 4) is 0 Å². The quantitative estimate of drug-likeness (QED) is 0.770. The third kappa shape index (κ3) is 1.99. The molecule has 1 unspecified atom stereocenters. The van der Waals surface area contributed by atoms with Gasteiger partial charge in [0.15, 0.2) is 5.78 Å². The first-order chi connectivity index (χ1) is 9.59. The molecular formula is C18H15ClO. The van der Waals surface area contributed by atoms with Crippen molar-refractivity contribution in [2.45, 2.75) is 19.8 Å². The molecule has 3 rings (SSSR count). The molecule has 1 nitrogen and oxygen atoms in total. The molecule has 0 aromatic heterocycles. The van der Waals surface area contributed by atoms with Crippen LogP contribution in [0.4, 0.5) is 0 Å². The van der Waals surface area contributed by atoms with Gasteiger partial charge in [-0.15, -0.1) is 0 Å². The first-order valence-corrected chi connectivity index (χ1v) is 7.04. The number of hydrogen-bond donors (Lipinski definition) is 0. The van der Waals surface area contributed by atoms with E-state index in [9.17, 15) is 4.79 Å². The first-order valence-electron chi connectivity index (χ1n) is 6.66. The van der Waals surface area contributed by atoms with Crippen molar-refractivity contribution in [2.75, 3.05) is 0 Å². The zero-order chi connectivity index (χ0) is 14.3. The normalized spacial score (nSPS) is 17.2. The van der Waals surface area contributed by atoms with Crippen LogP contribution in [0.2, 0.25) is 5.02 Å². The third-order valence-corrected chi connectivity index (χ3v) is 4.16. The van der Waals surface area contributed by atoms with Crippen LogP contribution in [0, 0.1) is 0 Å². The van der Waals surface area contributed by atoms with Crippen LogP contribution in [-0.4, -0.2) is 5.78 Å². The maximum atomic E-state index is 12.1. The molecular weight excluding hydrogens is 268 g/mol. The number of allylic oxidation sites excluding steroid dienone is 2. The van der Waals surface area contributed by atoms with E-state index < -0.39 is 0 Å². The number of carbonyl (C=O) groups is 1. The van der Waals surface area contributed by atoms with Crippen molar-refractivity contribution >= 4 is 23.0 Å². The van der Waals surface area contributed by atoms with E-state index in [4.69, 9.17) is 11.6 Å². The SMILES string of the molecule is CC(=O)C1=C(C)c2ccccc2C1c1cccc(Cl)c1. The van der Waals surface area contributed by atoms with Crippen molar-refractivity contribution < 1.29 is 4.79 Å². The highest BCUT2D eigenvalue weighted by Crippen LogP contribution is 2.45. The van der Waals surface area contributed by atoms with Gasteiger partial charge in [-0.3, -0.25) is 4.79 Å². The van der Waals surface area contributed by atoms with Gasteiger partial charge >= 0.3 is 0 Å². The van der Waals surface area contributed by atoms with Crippen LogP contribution in [0.3, 0.4) is 0 Å². The standard InChI is InChI=1S/C18H15ClO/c1-11-15-8-3-4-9-16(15)18(17(11)12(2)20)13-6-5-7-14(19)10-13/h3-10,18H,1-2H3. The van der Waals surface area contributed by atoms with Crippen LogP contribution < -0.4 is 0 Å². The summed E-state index contributed by atoms with van der Waals surface area (Å²) in [5, 5.41) is 0.701. The molecule has 0 fully saturated rings. The lowest BCUT2D eigenvalue weighted by molar-refractivity contribution is -0.113. The summed E-state index contributed by atoms with van der Waals surface area (Å²) in [7, 11) is 0. The van der Waals surface area contributed by atoms with Gasteiger partial charge in [-0.05, 0) is 48.2 Å². The minimum Gasteiger partial charge on any atom is -0.295 e. The van der Waals surface area contributed by atoms with E-state index in [2.05, 4.69) is 12.1 Å². The van der Waals surface area contributed by atoms with Crippen LogP contribution in [0.15, 0.2) is 54.1 Å². The van der Waals surface area contributed by atoms with Crippen LogP contribution >= 0.6 is 11.6 Å². The molecule has 20 heavy (non-hydrogen) atoms. The highest BCUT2D eigenvalue weighted by atomic mass is 35.5. The molecule has 0 saturated carbocycles. The van der Waals surface area contributed by atoms with Crippen LogP contribution in [0.5, 0.6) is 0 Å². The number of halogens is 1. The monoisotopic (exact) mass is 282 g/mol. The number of carbonyl (C=O) groups excluding carboxylic acids is 1. The predicted octanol–water partition coefficient (Wildman–Crippen LogP) is 4.85. The highest BCUT2D eigenvalue weighted by Gasteiger charge is 2.32. The minimum absolute atomic E-state index is 0.00222. The summed E-state index contributed by atoms with van der Waals surface area (Å²) in [6, 6.07) is 16.0. The van der Waals surface area contributed by atoms with Gasteiger partial charge in [0.05, 0.1) is 0 Å². The molecule has 2 aromatic rings. The molecule has 0 amide bonds. The maximum Gasteiger partial charge on any atom is 0.157 e. The minimum atomic E-state index is 0.00222. The molecule has 0 spiro atoms. The Morgan fingerprint density at radius 3 is 2.55 bits per heavy atom. The van der Waals surface area contributed by atoms with E-state index in [1.54, 1.807) is 6.92 Å². The van der Waals surface area contributed by atoms with Gasteiger partial charge in [-0.1, -0.05) is 48.0 Å². The Morgan fingerprint density at radius 1 is 1.10 bits per heavy atom. The average Bonchev–Trinajstić information content (AvgIpc) is 2.73. The van der Waals surface area contributed by atoms with Crippen molar-refractivity contribution in [3.63, 3.8) is 0 Å². The summed E-state index contributed by atoms with van der Waals surface area (Å²) in [5.74, 6) is 0.131. The maximum absolute atomic E-state index is 12.1. The molecule has 0 N–H and O–H groups in total. The van der Waals surface area contributed by atoms with Crippen LogP contribution in [-0.2, 0) is 4.79 Å². The zero-order valence-electron chi connectivity index (χ0n) is 11.5. The average molecular weight is 283 g/mol. The molecule has 0 bridgehead atoms. The van der Waals surface area contributed by atoms with Gasteiger partial charge in [-0.25, -0.2) is 0 Å². The molecule has 0 radical (unpaired) electrons. The second-order valence-electron chi connectivity index (χ2n) is 5.17. The van der Waals surface area contributed by atoms with E-state index in [0.29, 0.717) is 5.02 Å². The number of Topliss-reactive ketones (excluding diaryl/α,β-unsaturated/α-hetero) is 1.